The van der Waals surface area contributed by atoms with E-state index in [1.807, 2.05) is 60.2 Å². The Labute approximate surface area is 165 Å². The van der Waals surface area contributed by atoms with E-state index in [9.17, 15) is 4.79 Å². The minimum atomic E-state index is -0.0898. The summed E-state index contributed by atoms with van der Waals surface area (Å²) in [4.78, 5) is 13.3. The number of anilines is 1. The first-order valence-corrected chi connectivity index (χ1v) is 10.4. The van der Waals surface area contributed by atoms with Crippen molar-refractivity contribution in [2.75, 3.05) is 17.3 Å². The molecule has 0 radical (unpaired) electrons. The van der Waals surface area contributed by atoms with Crippen LogP contribution < -0.4 is 5.32 Å². The molecule has 3 aromatic rings. The average Bonchev–Trinajstić information content (AvgIpc) is 3.11. The molecule has 134 valence electrons. The lowest BCUT2D eigenvalue weighted by Crippen LogP contribution is -2.15. The molecule has 1 aromatic heterocycles. The Hall–Kier alpha value is -1.96. The highest BCUT2D eigenvalue weighted by atomic mass is 35.5. The Morgan fingerprint density at radius 1 is 1.27 bits per heavy atom. The topological polar surface area (TPSA) is 59.8 Å². The lowest BCUT2D eigenvalue weighted by Gasteiger charge is -2.10. The van der Waals surface area contributed by atoms with Crippen LogP contribution in [-0.4, -0.2) is 32.7 Å². The van der Waals surface area contributed by atoms with Crippen molar-refractivity contribution in [3.63, 3.8) is 0 Å². The number of aromatic nitrogens is 3. The number of nitrogens with zero attached hydrogens (tertiary/aromatic N) is 3. The van der Waals surface area contributed by atoms with E-state index in [1.165, 1.54) is 11.8 Å². The first-order chi connectivity index (χ1) is 12.6. The van der Waals surface area contributed by atoms with Crippen molar-refractivity contribution in [2.45, 2.75) is 17.0 Å². The van der Waals surface area contributed by atoms with Crippen molar-refractivity contribution in [3.05, 3.63) is 59.4 Å². The van der Waals surface area contributed by atoms with Gasteiger partial charge < -0.3 is 5.32 Å². The number of aryl methyl sites for hydroxylation is 1. The molecule has 26 heavy (non-hydrogen) atoms. The Balaban J connectivity index is 1.68. The van der Waals surface area contributed by atoms with Crippen LogP contribution in [0.2, 0.25) is 5.02 Å². The quantitative estimate of drug-likeness (QED) is 0.604. The van der Waals surface area contributed by atoms with Gasteiger partial charge in [0.05, 0.1) is 17.1 Å². The number of amides is 1. The number of carbonyl (C=O) groups is 1. The summed E-state index contributed by atoms with van der Waals surface area (Å²) in [5.41, 5.74) is 2.68. The van der Waals surface area contributed by atoms with E-state index in [2.05, 4.69) is 15.5 Å². The number of halogens is 1. The third-order valence-electron chi connectivity index (χ3n) is 3.66. The molecule has 0 saturated carbocycles. The van der Waals surface area contributed by atoms with Gasteiger partial charge in [0.2, 0.25) is 5.91 Å². The van der Waals surface area contributed by atoms with Crippen molar-refractivity contribution < 1.29 is 4.79 Å². The fourth-order valence-corrected chi connectivity index (χ4v) is 3.75. The Morgan fingerprint density at radius 3 is 2.85 bits per heavy atom. The molecule has 0 fully saturated rings. The molecule has 0 aliphatic rings. The van der Waals surface area contributed by atoms with E-state index in [0.717, 1.165) is 21.8 Å². The molecule has 0 saturated heterocycles. The van der Waals surface area contributed by atoms with Gasteiger partial charge in [-0.3, -0.25) is 9.36 Å². The van der Waals surface area contributed by atoms with Gasteiger partial charge >= 0.3 is 0 Å². The van der Waals surface area contributed by atoms with Gasteiger partial charge in [0.15, 0.2) is 5.16 Å². The van der Waals surface area contributed by atoms with Crippen LogP contribution in [0.15, 0.2) is 58.8 Å². The minimum Gasteiger partial charge on any atom is -0.324 e. The maximum Gasteiger partial charge on any atom is 0.234 e. The number of para-hydroxylation sites is 1. The van der Waals surface area contributed by atoms with Crippen LogP contribution in [0.5, 0.6) is 0 Å². The number of carbonyl (C=O) groups excluding carboxylic acids is 1. The molecular formula is C18H17ClN4OS2. The Morgan fingerprint density at radius 2 is 2.08 bits per heavy atom. The second-order valence-corrected chi connectivity index (χ2v) is 7.65. The predicted molar refractivity (Wildman–Crippen MR) is 109 cm³/mol. The van der Waals surface area contributed by atoms with Gasteiger partial charge in [-0.1, -0.05) is 41.6 Å². The van der Waals surface area contributed by atoms with Crippen LogP contribution in [0.25, 0.3) is 5.69 Å². The zero-order valence-electron chi connectivity index (χ0n) is 14.3. The van der Waals surface area contributed by atoms with Gasteiger partial charge in [-0.15, -0.1) is 22.0 Å². The van der Waals surface area contributed by atoms with Gasteiger partial charge in [-0.2, -0.15) is 0 Å². The van der Waals surface area contributed by atoms with Gasteiger partial charge in [0.1, 0.15) is 6.33 Å². The summed E-state index contributed by atoms with van der Waals surface area (Å²) in [6, 6.07) is 13.5. The second kappa shape index (κ2) is 8.62. The zero-order valence-corrected chi connectivity index (χ0v) is 16.7. The molecule has 1 N–H and O–H groups in total. The van der Waals surface area contributed by atoms with Gasteiger partial charge in [0.25, 0.3) is 0 Å². The summed E-state index contributed by atoms with van der Waals surface area (Å²) in [6.07, 6.45) is 3.60. The summed E-state index contributed by atoms with van der Waals surface area (Å²) in [6.45, 7) is 1.95. The highest BCUT2D eigenvalue weighted by Gasteiger charge is 2.12. The molecular weight excluding hydrogens is 388 g/mol. The first-order valence-electron chi connectivity index (χ1n) is 7.80. The lowest BCUT2D eigenvalue weighted by molar-refractivity contribution is -0.113. The van der Waals surface area contributed by atoms with Crippen LogP contribution >= 0.6 is 35.1 Å². The van der Waals surface area contributed by atoms with E-state index in [1.54, 1.807) is 18.1 Å². The van der Waals surface area contributed by atoms with Gasteiger partial charge in [0, 0.05) is 9.92 Å². The maximum atomic E-state index is 12.3. The standard InChI is InChI=1S/C18H17ClN4OS2/c1-12-7-8-13(9-14(12)19)23-11-20-22-18(23)26-10-17(24)21-15-5-3-4-6-16(15)25-2/h3-9,11H,10H2,1-2H3,(H,21,24). The molecule has 3 rings (SSSR count). The van der Waals surface area contributed by atoms with E-state index >= 15 is 0 Å². The zero-order chi connectivity index (χ0) is 18.5. The van der Waals surface area contributed by atoms with E-state index in [-0.39, 0.29) is 11.7 Å². The number of thioether (sulfide) groups is 2. The molecule has 0 unspecified atom stereocenters. The summed E-state index contributed by atoms with van der Waals surface area (Å²) < 4.78 is 1.82. The molecule has 5 nitrogen and oxygen atoms in total. The van der Waals surface area contributed by atoms with Gasteiger partial charge in [-0.25, -0.2) is 0 Å². The van der Waals surface area contributed by atoms with Crippen LogP contribution in [0.1, 0.15) is 5.56 Å². The molecule has 0 aliphatic heterocycles. The van der Waals surface area contributed by atoms with E-state index < -0.39 is 0 Å². The van der Waals surface area contributed by atoms with Crippen molar-refractivity contribution in [1.82, 2.24) is 14.8 Å². The SMILES string of the molecule is CSc1ccccc1NC(=O)CSc1nncn1-c1ccc(C)c(Cl)c1. The highest BCUT2D eigenvalue weighted by molar-refractivity contribution is 7.99. The molecule has 0 bridgehead atoms. The van der Waals surface area contributed by atoms with Crippen LogP contribution in [0.3, 0.4) is 0 Å². The predicted octanol–water partition coefficient (Wildman–Crippen LogP) is 4.68. The van der Waals surface area contributed by atoms with E-state index in [0.29, 0.717) is 10.2 Å². The molecule has 0 spiro atoms. The van der Waals surface area contributed by atoms with E-state index in [4.69, 9.17) is 11.6 Å². The fourth-order valence-electron chi connectivity index (χ4n) is 2.30. The third kappa shape index (κ3) is 4.41. The number of nitrogens with one attached hydrogen (secondary N) is 1. The minimum absolute atomic E-state index is 0.0898. The largest absolute Gasteiger partial charge is 0.324 e. The summed E-state index contributed by atoms with van der Waals surface area (Å²) in [7, 11) is 0. The highest BCUT2D eigenvalue weighted by Crippen LogP contribution is 2.26. The molecule has 8 heteroatoms. The average molecular weight is 405 g/mol. The first kappa shape index (κ1) is 18.8. The van der Waals surface area contributed by atoms with Crippen molar-refractivity contribution >= 4 is 46.7 Å². The Kier molecular flexibility index (Phi) is 6.24. The summed E-state index contributed by atoms with van der Waals surface area (Å²) in [5, 5.41) is 12.3. The Bertz CT molecular complexity index is 929. The molecule has 0 aliphatic carbocycles. The normalized spacial score (nSPS) is 10.7. The van der Waals surface area contributed by atoms with Crippen molar-refractivity contribution in [1.29, 1.82) is 0 Å². The number of hydrogen-bond donors (Lipinski definition) is 1. The lowest BCUT2D eigenvalue weighted by atomic mass is 10.2. The van der Waals surface area contributed by atoms with Crippen LogP contribution in [0.4, 0.5) is 5.69 Å². The molecule has 0 atom stereocenters. The fraction of sp³-hybridized carbons (Fsp3) is 0.167. The van der Waals surface area contributed by atoms with Crippen molar-refractivity contribution in [2.24, 2.45) is 0 Å². The van der Waals surface area contributed by atoms with Crippen LogP contribution in [-0.2, 0) is 4.79 Å². The maximum absolute atomic E-state index is 12.3. The molecule has 1 amide bonds. The number of benzene rings is 2. The molecule has 1 heterocycles. The smallest absolute Gasteiger partial charge is 0.234 e. The monoisotopic (exact) mass is 404 g/mol. The third-order valence-corrected chi connectivity index (χ3v) is 5.81. The van der Waals surface area contributed by atoms with Gasteiger partial charge in [-0.05, 0) is 43.0 Å². The van der Waals surface area contributed by atoms with Crippen molar-refractivity contribution in [3.8, 4) is 5.69 Å². The number of hydrogen-bond acceptors (Lipinski definition) is 5. The second-order valence-electron chi connectivity index (χ2n) is 5.45. The molecule has 2 aromatic carbocycles. The number of rotatable bonds is 6. The summed E-state index contributed by atoms with van der Waals surface area (Å²) >= 11 is 9.12. The van der Waals surface area contributed by atoms with Crippen LogP contribution in [0, 0.1) is 6.92 Å². The summed E-state index contributed by atoms with van der Waals surface area (Å²) in [5.74, 6) is 0.147.